The second-order valence-electron chi connectivity index (χ2n) is 4.83. The summed E-state index contributed by atoms with van der Waals surface area (Å²) in [4.78, 5) is 23.2. The van der Waals surface area contributed by atoms with E-state index in [1.54, 1.807) is 37.4 Å². The van der Waals surface area contributed by atoms with Gasteiger partial charge in [0.1, 0.15) is 0 Å². The standard InChI is InChI=1S/C15H18NO5P/c1-2-21-14-8-11(5-6-13(14)17)9-15(22(18,19)20)12-4-3-7-16-10-12/h3-8,10,15,17H,2,9H2,1H3,(H2,18,19,20). The molecular weight excluding hydrogens is 305 g/mol. The Hall–Kier alpha value is -1.88. The summed E-state index contributed by atoms with van der Waals surface area (Å²) in [6, 6.07) is 7.95. The van der Waals surface area contributed by atoms with E-state index >= 15 is 0 Å². The van der Waals surface area contributed by atoms with E-state index in [4.69, 9.17) is 4.74 Å². The molecule has 0 radical (unpaired) electrons. The van der Waals surface area contributed by atoms with Crippen molar-refractivity contribution in [2.45, 2.75) is 19.0 Å². The minimum atomic E-state index is -4.35. The fourth-order valence-corrected chi connectivity index (χ4v) is 3.17. The maximum Gasteiger partial charge on any atom is 0.333 e. The van der Waals surface area contributed by atoms with Crippen LogP contribution in [0.1, 0.15) is 23.7 Å². The second-order valence-corrected chi connectivity index (χ2v) is 6.63. The number of pyridine rings is 1. The molecule has 1 aromatic heterocycles. The molecule has 0 bridgehead atoms. The van der Waals surface area contributed by atoms with Gasteiger partial charge < -0.3 is 19.6 Å². The highest BCUT2D eigenvalue weighted by Crippen LogP contribution is 2.53. The number of nitrogens with zero attached hydrogens (tertiary/aromatic N) is 1. The molecule has 0 amide bonds. The predicted molar refractivity (Wildman–Crippen MR) is 82.0 cm³/mol. The van der Waals surface area contributed by atoms with Gasteiger partial charge in [-0.25, -0.2) is 0 Å². The number of hydrogen-bond donors (Lipinski definition) is 3. The van der Waals surface area contributed by atoms with Crippen LogP contribution in [0.4, 0.5) is 0 Å². The van der Waals surface area contributed by atoms with E-state index in [1.165, 1.54) is 12.3 Å². The average molecular weight is 323 g/mol. The third-order valence-corrected chi connectivity index (χ3v) is 4.52. The Balaban J connectivity index is 2.32. The molecule has 3 N–H and O–H groups in total. The molecule has 0 saturated carbocycles. The van der Waals surface area contributed by atoms with Gasteiger partial charge in [0.05, 0.1) is 12.3 Å². The lowest BCUT2D eigenvalue weighted by Crippen LogP contribution is -2.05. The minimum Gasteiger partial charge on any atom is -0.504 e. The first-order valence-electron chi connectivity index (χ1n) is 6.81. The first-order chi connectivity index (χ1) is 10.4. The lowest BCUT2D eigenvalue weighted by atomic mass is 10.0. The first-order valence-corrected chi connectivity index (χ1v) is 8.49. The molecule has 2 aromatic rings. The van der Waals surface area contributed by atoms with Gasteiger partial charge in [-0.05, 0) is 42.7 Å². The van der Waals surface area contributed by atoms with Crippen LogP contribution in [0.5, 0.6) is 11.5 Å². The zero-order chi connectivity index (χ0) is 16.2. The number of aromatic nitrogens is 1. The monoisotopic (exact) mass is 323 g/mol. The van der Waals surface area contributed by atoms with Crippen LogP contribution < -0.4 is 4.74 Å². The Morgan fingerprint density at radius 3 is 2.68 bits per heavy atom. The van der Waals surface area contributed by atoms with Crippen LogP contribution in [-0.2, 0) is 11.0 Å². The molecule has 0 spiro atoms. The number of phenols is 1. The van der Waals surface area contributed by atoms with Crippen molar-refractivity contribution >= 4 is 7.60 Å². The van der Waals surface area contributed by atoms with E-state index in [2.05, 4.69) is 4.98 Å². The summed E-state index contributed by atoms with van der Waals surface area (Å²) >= 11 is 0. The van der Waals surface area contributed by atoms with Crippen molar-refractivity contribution in [2.75, 3.05) is 6.61 Å². The van der Waals surface area contributed by atoms with Gasteiger partial charge in [0.15, 0.2) is 11.5 Å². The van der Waals surface area contributed by atoms with Gasteiger partial charge in [-0.1, -0.05) is 12.1 Å². The van der Waals surface area contributed by atoms with Crippen LogP contribution in [0, 0.1) is 0 Å². The molecule has 0 aliphatic heterocycles. The van der Waals surface area contributed by atoms with E-state index in [9.17, 15) is 19.5 Å². The van der Waals surface area contributed by atoms with E-state index in [1.807, 2.05) is 0 Å². The van der Waals surface area contributed by atoms with E-state index in [-0.39, 0.29) is 12.2 Å². The van der Waals surface area contributed by atoms with E-state index in [0.29, 0.717) is 23.5 Å². The number of aromatic hydroxyl groups is 1. The minimum absolute atomic E-state index is 0.000271. The molecule has 1 aromatic carbocycles. The fourth-order valence-electron chi connectivity index (χ4n) is 2.18. The molecule has 0 aliphatic carbocycles. The number of benzene rings is 1. The number of hydrogen-bond acceptors (Lipinski definition) is 4. The number of rotatable bonds is 6. The molecule has 0 aliphatic rings. The van der Waals surface area contributed by atoms with Crippen molar-refractivity contribution in [3.63, 3.8) is 0 Å². The molecule has 118 valence electrons. The second kappa shape index (κ2) is 6.92. The maximum absolute atomic E-state index is 11.8. The summed E-state index contributed by atoms with van der Waals surface area (Å²) in [6.07, 6.45) is 3.12. The SMILES string of the molecule is CCOc1cc(CC(c2cccnc2)P(=O)(O)O)ccc1O. The molecular formula is C15H18NO5P. The van der Waals surface area contributed by atoms with Gasteiger partial charge in [0.2, 0.25) is 0 Å². The third kappa shape index (κ3) is 4.07. The summed E-state index contributed by atoms with van der Waals surface area (Å²) in [5.41, 5.74) is 0.153. The molecule has 2 rings (SSSR count). The molecule has 1 heterocycles. The Morgan fingerprint density at radius 2 is 2.09 bits per heavy atom. The summed E-state index contributed by atoms with van der Waals surface area (Å²) in [6.45, 7) is 2.18. The molecule has 1 atom stereocenters. The first kappa shape index (κ1) is 16.5. The quantitative estimate of drug-likeness (QED) is 0.707. The van der Waals surface area contributed by atoms with Gasteiger partial charge in [-0.2, -0.15) is 0 Å². The Labute approximate surface area is 128 Å². The van der Waals surface area contributed by atoms with Crippen LogP contribution in [0.15, 0.2) is 42.7 Å². The zero-order valence-corrected chi connectivity index (χ0v) is 13.0. The average Bonchev–Trinajstić information content (AvgIpc) is 2.48. The highest BCUT2D eigenvalue weighted by Gasteiger charge is 2.31. The molecule has 7 heteroatoms. The third-order valence-electron chi connectivity index (χ3n) is 3.23. The van der Waals surface area contributed by atoms with Gasteiger partial charge >= 0.3 is 7.60 Å². The van der Waals surface area contributed by atoms with Crippen molar-refractivity contribution in [3.8, 4) is 11.5 Å². The van der Waals surface area contributed by atoms with Crippen molar-refractivity contribution in [1.82, 2.24) is 4.98 Å². The molecule has 22 heavy (non-hydrogen) atoms. The highest BCUT2D eigenvalue weighted by molar-refractivity contribution is 7.52. The van der Waals surface area contributed by atoms with Crippen LogP contribution in [-0.4, -0.2) is 26.5 Å². The van der Waals surface area contributed by atoms with E-state index < -0.39 is 13.3 Å². The smallest absolute Gasteiger partial charge is 0.333 e. The Kier molecular flexibility index (Phi) is 5.19. The topological polar surface area (TPSA) is 99.9 Å². The number of ether oxygens (including phenoxy) is 1. The summed E-state index contributed by atoms with van der Waals surface area (Å²) < 4.78 is 17.1. The van der Waals surface area contributed by atoms with Crippen molar-refractivity contribution < 1.29 is 24.2 Å². The summed E-state index contributed by atoms with van der Waals surface area (Å²) in [7, 11) is -4.35. The Morgan fingerprint density at radius 1 is 1.32 bits per heavy atom. The maximum atomic E-state index is 11.8. The molecule has 1 unspecified atom stereocenters. The molecule has 6 nitrogen and oxygen atoms in total. The van der Waals surface area contributed by atoms with Gasteiger partial charge in [0, 0.05) is 12.4 Å². The molecule has 0 saturated heterocycles. The van der Waals surface area contributed by atoms with Crippen molar-refractivity contribution in [2.24, 2.45) is 0 Å². The highest BCUT2D eigenvalue weighted by atomic mass is 31.2. The van der Waals surface area contributed by atoms with Gasteiger partial charge in [0.25, 0.3) is 0 Å². The largest absolute Gasteiger partial charge is 0.504 e. The van der Waals surface area contributed by atoms with Crippen LogP contribution in [0.25, 0.3) is 0 Å². The van der Waals surface area contributed by atoms with Crippen LogP contribution in [0.2, 0.25) is 0 Å². The summed E-state index contributed by atoms with van der Waals surface area (Å²) in [5.74, 6) is 0.301. The Bertz CT molecular complexity index is 671. The van der Waals surface area contributed by atoms with Crippen LogP contribution >= 0.6 is 7.60 Å². The zero-order valence-electron chi connectivity index (χ0n) is 12.1. The predicted octanol–water partition coefficient (Wildman–Crippen LogP) is 2.65. The normalized spacial score (nSPS) is 12.9. The lowest BCUT2D eigenvalue weighted by Gasteiger charge is -2.19. The van der Waals surface area contributed by atoms with E-state index in [0.717, 1.165) is 0 Å². The summed E-state index contributed by atoms with van der Waals surface area (Å²) in [5, 5.41) is 9.69. The van der Waals surface area contributed by atoms with Gasteiger partial charge in [-0.3, -0.25) is 9.55 Å². The molecule has 0 fully saturated rings. The lowest BCUT2D eigenvalue weighted by molar-refractivity contribution is 0.317. The fraction of sp³-hybridized carbons (Fsp3) is 0.267. The van der Waals surface area contributed by atoms with Crippen molar-refractivity contribution in [1.29, 1.82) is 0 Å². The van der Waals surface area contributed by atoms with Gasteiger partial charge in [-0.15, -0.1) is 0 Å². The van der Waals surface area contributed by atoms with Crippen LogP contribution in [0.3, 0.4) is 0 Å². The van der Waals surface area contributed by atoms with Crippen molar-refractivity contribution in [3.05, 3.63) is 53.9 Å². The number of phenolic OH excluding ortho intramolecular Hbond substituents is 1.